The van der Waals surface area contributed by atoms with Crippen molar-refractivity contribution < 1.29 is 29.0 Å². The molecule has 0 saturated heterocycles. The van der Waals surface area contributed by atoms with Crippen LogP contribution in [0.2, 0.25) is 0 Å². The molecule has 2 N–H and O–H groups in total. The highest BCUT2D eigenvalue weighted by Crippen LogP contribution is 2.41. The minimum atomic E-state index is -1.14. The van der Waals surface area contributed by atoms with Crippen molar-refractivity contribution in [1.29, 1.82) is 0 Å². The van der Waals surface area contributed by atoms with E-state index in [1.807, 2.05) is 0 Å². The summed E-state index contributed by atoms with van der Waals surface area (Å²) >= 11 is 0. The summed E-state index contributed by atoms with van der Waals surface area (Å²) in [6.07, 6.45) is 0. The van der Waals surface area contributed by atoms with Crippen molar-refractivity contribution in [2.24, 2.45) is 0 Å². The molecule has 7 heteroatoms. The number of ketones is 1. The molecule has 0 saturated carbocycles. The molecule has 1 heterocycles. The number of aliphatic hydroxyl groups excluding tert-OH is 1. The van der Waals surface area contributed by atoms with E-state index in [9.17, 15) is 23.9 Å². The van der Waals surface area contributed by atoms with Gasteiger partial charge < -0.3 is 10.2 Å². The van der Waals surface area contributed by atoms with Crippen LogP contribution < -0.4 is 4.90 Å². The molecule has 0 aromatic heterocycles. The van der Waals surface area contributed by atoms with Crippen LogP contribution in [-0.2, 0) is 9.59 Å². The molecule has 0 bridgehead atoms. The molecular weight excluding hydrogens is 341 g/mol. The van der Waals surface area contributed by atoms with Crippen molar-refractivity contribution in [3.8, 4) is 0 Å². The average Bonchev–Trinajstić information content (AvgIpc) is 2.87. The number of rotatable bonds is 4. The van der Waals surface area contributed by atoms with Gasteiger partial charge in [0.25, 0.3) is 5.91 Å². The van der Waals surface area contributed by atoms with E-state index in [-0.39, 0.29) is 22.4 Å². The summed E-state index contributed by atoms with van der Waals surface area (Å²) in [5.41, 5.74) is 0.0858. The van der Waals surface area contributed by atoms with Gasteiger partial charge in [-0.15, -0.1) is 0 Å². The van der Waals surface area contributed by atoms with Gasteiger partial charge in [-0.05, 0) is 37.3 Å². The number of carbonyl (C=O) groups excluding carboxylic acids is 2. The number of carbonyl (C=O) groups is 3. The van der Waals surface area contributed by atoms with Crippen LogP contribution in [0.15, 0.2) is 59.9 Å². The van der Waals surface area contributed by atoms with Gasteiger partial charge in [0.15, 0.2) is 11.5 Å². The van der Waals surface area contributed by atoms with Gasteiger partial charge in [-0.2, -0.15) is 0 Å². The minimum Gasteiger partial charge on any atom is -0.503 e. The van der Waals surface area contributed by atoms with Gasteiger partial charge in [-0.1, -0.05) is 18.2 Å². The van der Waals surface area contributed by atoms with Crippen LogP contribution in [0.25, 0.3) is 0 Å². The number of halogens is 1. The molecule has 6 nitrogen and oxygen atoms in total. The highest BCUT2D eigenvalue weighted by atomic mass is 19.1. The van der Waals surface area contributed by atoms with Gasteiger partial charge in [0.2, 0.25) is 0 Å². The molecular formula is C19H14FNO5. The molecule has 26 heavy (non-hydrogen) atoms. The monoisotopic (exact) mass is 355 g/mol. The zero-order valence-electron chi connectivity index (χ0n) is 13.6. The topological polar surface area (TPSA) is 94.9 Å². The number of aliphatic hydroxyl groups is 1. The van der Waals surface area contributed by atoms with Gasteiger partial charge >= 0.3 is 5.97 Å². The number of carboxylic acids is 1. The predicted octanol–water partition coefficient (Wildman–Crippen LogP) is 3.01. The molecule has 1 atom stereocenters. The maximum absolute atomic E-state index is 14.4. The van der Waals surface area contributed by atoms with Crippen molar-refractivity contribution in [2.75, 3.05) is 4.90 Å². The smallest absolute Gasteiger partial charge is 0.335 e. The summed E-state index contributed by atoms with van der Waals surface area (Å²) in [5.74, 6) is -3.93. The fourth-order valence-corrected chi connectivity index (χ4v) is 2.99. The summed E-state index contributed by atoms with van der Waals surface area (Å²) < 4.78 is 14.4. The molecule has 0 unspecified atom stereocenters. The standard InChI is InChI=1S/C19H14FNO5/c1-10(22)15-16(13-4-2-3-5-14(13)20)21(18(24)17(15)23)12-8-6-11(7-9-12)19(25)26/h2-9,16,23H,1H3,(H,25,26)/t16-/m1/s1. The highest BCUT2D eigenvalue weighted by molar-refractivity contribution is 6.16. The van der Waals surface area contributed by atoms with E-state index in [0.29, 0.717) is 0 Å². The largest absolute Gasteiger partial charge is 0.503 e. The minimum absolute atomic E-state index is 0.00631. The number of Topliss-reactive ketones (excluding diaryl/α,β-unsaturated/α-hetero) is 1. The van der Waals surface area contributed by atoms with Crippen LogP contribution in [0.3, 0.4) is 0 Å². The molecule has 0 spiro atoms. The molecule has 0 aliphatic carbocycles. The first-order chi connectivity index (χ1) is 12.3. The lowest BCUT2D eigenvalue weighted by Crippen LogP contribution is -2.31. The van der Waals surface area contributed by atoms with Crippen LogP contribution in [0.4, 0.5) is 10.1 Å². The third-order valence-electron chi connectivity index (χ3n) is 4.18. The number of nitrogens with zero attached hydrogens (tertiary/aromatic N) is 1. The number of amides is 1. The van der Waals surface area contributed by atoms with Crippen molar-refractivity contribution >= 4 is 23.3 Å². The molecule has 0 radical (unpaired) electrons. The van der Waals surface area contributed by atoms with E-state index in [1.54, 1.807) is 6.07 Å². The second kappa shape index (κ2) is 6.44. The first-order valence-corrected chi connectivity index (χ1v) is 7.68. The van der Waals surface area contributed by atoms with Crippen molar-refractivity contribution in [3.63, 3.8) is 0 Å². The lowest BCUT2D eigenvalue weighted by atomic mass is 9.96. The third-order valence-corrected chi connectivity index (χ3v) is 4.18. The Balaban J connectivity index is 2.17. The normalized spacial score (nSPS) is 16.9. The Bertz CT molecular complexity index is 949. The van der Waals surface area contributed by atoms with Gasteiger partial charge in [-0.3, -0.25) is 14.5 Å². The van der Waals surface area contributed by atoms with Crippen LogP contribution in [0, 0.1) is 5.82 Å². The third kappa shape index (κ3) is 2.73. The number of aromatic carboxylic acids is 1. The Hall–Kier alpha value is -3.48. The number of carboxylic acid groups (broad SMARTS) is 1. The second-order valence-electron chi connectivity index (χ2n) is 5.77. The van der Waals surface area contributed by atoms with Crippen LogP contribution in [0.5, 0.6) is 0 Å². The van der Waals surface area contributed by atoms with Gasteiger partial charge in [0.1, 0.15) is 5.82 Å². The van der Waals surface area contributed by atoms with Gasteiger partial charge in [-0.25, -0.2) is 9.18 Å². The van der Waals surface area contributed by atoms with Crippen molar-refractivity contribution in [2.45, 2.75) is 13.0 Å². The first-order valence-electron chi connectivity index (χ1n) is 7.68. The van der Waals surface area contributed by atoms with E-state index < -0.39 is 35.3 Å². The lowest BCUT2D eigenvalue weighted by Gasteiger charge is -2.27. The van der Waals surface area contributed by atoms with Crippen LogP contribution in [0.1, 0.15) is 28.9 Å². The van der Waals surface area contributed by atoms with Gasteiger partial charge in [0.05, 0.1) is 17.2 Å². The van der Waals surface area contributed by atoms with E-state index >= 15 is 0 Å². The predicted molar refractivity (Wildman–Crippen MR) is 90.4 cm³/mol. The SMILES string of the molecule is CC(=O)C1=C(O)C(=O)N(c2ccc(C(=O)O)cc2)[C@@H]1c1ccccc1F. The van der Waals surface area contributed by atoms with Crippen molar-refractivity contribution in [1.82, 2.24) is 0 Å². The van der Waals surface area contributed by atoms with E-state index in [2.05, 4.69) is 0 Å². The van der Waals surface area contributed by atoms with Crippen molar-refractivity contribution in [3.05, 3.63) is 76.8 Å². The van der Waals surface area contributed by atoms with Gasteiger partial charge in [0, 0.05) is 11.3 Å². The van der Waals surface area contributed by atoms with E-state index in [0.717, 1.165) is 4.90 Å². The molecule has 2 aromatic carbocycles. The van der Waals surface area contributed by atoms with E-state index in [4.69, 9.17) is 5.11 Å². The maximum atomic E-state index is 14.4. The zero-order valence-corrected chi connectivity index (χ0v) is 13.6. The quantitative estimate of drug-likeness (QED) is 0.879. The van der Waals surface area contributed by atoms with E-state index in [1.165, 1.54) is 49.4 Å². The highest BCUT2D eigenvalue weighted by Gasteiger charge is 2.44. The molecule has 3 rings (SSSR count). The van der Waals surface area contributed by atoms with Crippen LogP contribution >= 0.6 is 0 Å². The Morgan fingerprint density at radius 1 is 1.08 bits per heavy atom. The first kappa shape index (κ1) is 17.3. The molecule has 0 fully saturated rings. The summed E-state index contributed by atoms with van der Waals surface area (Å²) in [5, 5.41) is 19.2. The fraction of sp³-hybridized carbons (Fsp3) is 0.105. The molecule has 1 aliphatic rings. The molecule has 1 aliphatic heterocycles. The summed E-state index contributed by atoms with van der Waals surface area (Å²) in [4.78, 5) is 36.7. The maximum Gasteiger partial charge on any atom is 0.335 e. The molecule has 2 aromatic rings. The summed E-state index contributed by atoms with van der Waals surface area (Å²) in [6.45, 7) is 1.18. The number of anilines is 1. The Morgan fingerprint density at radius 2 is 1.69 bits per heavy atom. The summed E-state index contributed by atoms with van der Waals surface area (Å²) in [7, 11) is 0. The van der Waals surface area contributed by atoms with Crippen LogP contribution in [-0.4, -0.2) is 27.9 Å². The number of hydrogen-bond acceptors (Lipinski definition) is 4. The second-order valence-corrected chi connectivity index (χ2v) is 5.77. The number of benzene rings is 2. The molecule has 132 valence electrons. The Kier molecular flexibility index (Phi) is 4.29. The molecule has 1 amide bonds. The Morgan fingerprint density at radius 3 is 2.23 bits per heavy atom. The zero-order chi connectivity index (χ0) is 19.0. The Labute approximate surface area is 147 Å². The number of hydrogen-bond donors (Lipinski definition) is 2. The fourth-order valence-electron chi connectivity index (χ4n) is 2.99. The average molecular weight is 355 g/mol. The summed E-state index contributed by atoms with van der Waals surface area (Å²) in [6, 6.07) is 9.80. The lowest BCUT2D eigenvalue weighted by molar-refractivity contribution is -0.117.